The highest BCUT2D eigenvalue weighted by Crippen LogP contribution is 2.36. The summed E-state index contributed by atoms with van der Waals surface area (Å²) in [7, 11) is 0. The van der Waals surface area contributed by atoms with E-state index in [0.717, 1.165) is 0 Å². The molecule has 0 aliphatic rings. The maximum absolute atomic E-state index is 10.8. The van der Waals surface area contributed by atoms with Gasteiger partial charge in [0.15, 0.2) is 5.75 Å². The molecule has 7 heteroatoms. The molecule has 0 atom stereocenters. The fourth-order valence-electron chi connectivity index (χ4n) is 1.44. The number of nitro benzene ring substituents is 1. The molecule has 1 aromatic carbocycles. The number of halogens is 1. The zero-order chi connectivity index (χ0) is 14.0. The molecule has 0 radical (unpaired) electrons. The lowest BCUT2D eigenvalue weighted by molar-refractivity contribution is -0.385. The van der Waals surface area contributed by atoms with E-state index < -0.39 is 4.92 Å². The SMILES string of the molecule is Cc1nc(Oc2cccc([N+](=O)[O-])c2Br)ccc1N. The number of nitrogen functional groups attached to an aromatic ring is 1. The van der Waals surface area contributed by atoms with Gasteiger partial charge in [-0.05, 0) is 35.0 Å². The van der Waals surface area contributed by atoms with Crippen LogP contribution in [0, 0.1) is 17.0 Å². The number of hydrogen-bond acceptors (Lipinski definition) is 5. The van der Waals surface area contributed by atoms with Gasteiger partial charge in [-0.2, -0.15) is 0 Å². The van der Waals surface area contributed by atoms with Gasteiger partial charge in [-0.1, -0.05) is 6.07 Å². The van der Waals surface area contributed by atoms with Crippen LogP contribution in [0.1, 0.15) is 5.69 Å². The molecule has 2 aromatic rings. The number of anilines is 1. The molecule has 0 amide bonds. The highest BCUT2D eigenvalue weighted by molar-refractivity contribution is 9.10. The number of nitrogens with zero attached hydrogens (tertiary/aromatic N) is 2. The van der Waals surface area contributed by atoms with Crippen molar-refractivity contribution in [1.82, 2.24) is 4.98 Å². The van der Waals surface area contributed by atoms with Crippen LogP contribution in [0.25, 0.3) is 0 Å². The number of hydrogen-bond donors (Lipinski definition) is 1. The fraction of sp³-hybridized carbons (Fsp3) is 0.0833. The summed E-state index contributed by atoms with van der Waals surface area (Å²) in [5.74, 6) is 0.652. The molecule has 2 rings (SSSR count). The third kappa shape index (κ3) is 2.82. The first kappa shape index (κ1) is 13.3. The summed E-state index contributed by atoms with van der Waals surface area (Å²) < 4.78 is 5.79. The number of ether oxygens (including phenoxy) is 1. The van der Waals surface area contributed by atoms with Crippen LogP contribution in [-0.4, -0.2) is 9.91 Å². The minimum Gasteiger partial charge on any atom is -0.438 e. The van der Waals surface area contributed by atoms with Gasteiger partial charge in [-0.15, -0.1) is 0 Å². The number of pyridine rings is 1. The molecule has 0 bridgehead atoms. The second-order valence-electron chi connectivity index (χ2n) is 3.77. The summed E-state index contributed by atoms with van der Waals surface area (Å²) >= 11 is 3.15. The third-order valence-corrected chi connectivity index (χ3v) is 3.25. The van der Waals surface area contributed by atoms with Crippen LogP contribution in [-0.2, 0) is 0 Å². The third-order valence-electron chi connectivity index (χ3n) is 2.46. The van der Waals surface area contributed by atoms with Gasteiger partial charge in [0.05, 0.1) is 16.3 Å². The van der Waals surface area contributed by atoms with Crippen molar-refractivity contribution in [2.24, 2.45) is 0 Å². The van der Waals surface area contributed by atoms with Crippen molar-refractivity contribution in [3.8, 4) is 11.6 Å². The van der Waals surface area contributed by atoms with E-state index >= 15 is 0 Å². The quantitative estimate of drug-likeness (QED) is 0.690. The molecule has 1 aromatic heterocycles. The van der Waals surface area contributed by atoms with Crippen molar-refractivity contribution in [1.29, 1.82) is 0 Å². The van der Waals surface area contributed by atoms with Crippen molar-refractivity contribution in [2.75, 3.05) is 5.73 Å². The van der Waals surface area contributed by atoms with Crippen LogP contribution in [0.15, 0.2) is 34.8 Å². The minimum atomic E-state index is -0.487. The Hall–Kier alpha value is -2.15. The monoisotopic (exact) mass is 323 g/mol. The number of nitrogens with two attached hydrogens (primary N) is 1. The predicted molar refractivity (Wildman–Crippen MR) is 74.3 cm³/mol. The maximum atomic E-state index is 10.8. The van der Waals surface area contributed by atoms with E-state index in [9.17, 15) is 10.1 Å². The average molecular weight is 324 g/mol. The molecule has 98 valence electrons. The van der Waals surface area contributed by atoms with Crippen molar-refractivity contribution < 1.29 is 9.66 Å². The van der Waals surface area contributed by atoms with Crippen LogP contribution >= 0.6 is 15.9 Å². The number of benzene rings is 1. The van der Waals surface area contributed by atoms with Gasteiger partial charge in [0.2, 0.25) is 5.88 Å². The number of nitro groups is 1. The summed E-state index contributed by atoms with van der Waals surface area (Å²) in [5, 5.41) is 10.8. The van der Waals surface area contributed by atoms with Crippen LogP contribution in [0.3, 0.4) is 0 Å². The Labute approximate surface area is 117 Å². The van der Waals surface area contributed by atoms with Gasteiger partial charge < -0.3 is 10.5 Å². The molecule has 0 fully saturated rings. The van der Waals surface area contributed by atoms with E-state index in [1.54, 1.807) is 31.2 Å². The van der Waals surface area contributed by atoms with Gasteiger partial charge >= 0.3 is 0 Å². The topological polar surface area (TPSA) is 91.3 Å². The molecule has 0 saturated carbocycles. The zero-order valence-electron chi connectivity index (χ0n) is 9.96. The Bertz CT molecular complexity index is 646. The zero-order valence-corrected chi connectivity index (χ0v) is 11.5. The Balaban J connectivity index is 2.35. The molecule has 0 aliphatic heterocycles. The Morgan fingerprint density at radius 3 is 2.74 bits per heavy atom. The number of aryl methyl sites for hydroxylation is 1. The summed E-state index contributed by atoms with van der Waals surface area (Å²) in [5.41, 5.74) is 6.79. The van der Waals surface area contributed by atoms with E-state index in [4.69, 9.17) is 10.5 Å². The van der Waals surface area contributed by atoms with Crippen molar-refractivity contribution in [2.45, 2.75) is 6.92 Å². The second-order valence-corrected chi connectivity index (χ2v) is 4.57. The first-order valence-electron chi connectivity index (χ1n) is 5.33. The summed E-state index contributed by atoms with van der Waals surface area (Å²) in [6, 6.07) is 7.82. The maximum Gasteiger partial charge on any atom is 0.287 e. The van der Waals surface area contributed by atoms with Gasteiger partial charge in [-0.3, -0.25) is 10.1 Å². The minimum absolute atomic E-state index is 0.0651. The first-order valence-corrected chi connectivity index (χ1v) is 6.12. The van der Waals surface area contributed by atoms with E-state index in [2.05, 4.69) is 20.9 Å². The predicted octanol–water partition coefficient (Wildman–Crippen LogP) is 3.44. The molecular formula is C12H10BrN3O3. The van der Waals surface area contributed by atoms with Gasteiger partial charge in [0.1, 0.15) is 4.47 Å². The lowest BCUT2D eigenvalue weighted by Crippen LogP contribution is -1.96. The summed E-state index contributed by atoms with van der Waals surface area (Å²) in [4.78, 5) is 14.5. The number of rotatable bonds is 3. The molecule has 0 saturated heterocycles. The molecule has 0 unspecified atom stereocenters. The summed E-state index contributed by atoms with van der Waals surface area (Å²) in [6.07, 6.45) is 0. The molecular weight excluding hydrogens is 314 g/mol. The Morgan fingerprint density at radius 2 is 2.11 bits per heavy atom. The van der Waals surface area contributed by atoms with Crippen LogP contribution in [0.5, 0.6) is 11.6 Å². The van der Waals surface area contributed by atoms with Crippen LogP contribution < -0.4 is 10.5 Å². The molecule has 6 nitrogen and oxygen atoms in total. The van der Waals surface area contributed by atoms with Crippen LogP contribution in [0.4, 0.5) is 11.4 Å². The average Bonchev–Trinajstić information content (AvgIpc) is 2.36. The molecule has 2 N–H and O–H groups in total. The molecule has 0 aliphatic carbocycles. The van der Waals surface area contributed by atoms with E-state index in [1.807, 2.05) is 0 Å². The molecule has 19 heavy (non-hydrogen) atoms. The van der Waals surface area contributed by atoms with Crippen molar-refractivity contribution in [3.63, 3.8) is 0 Å². The standard InChI is InChI=1S/C12H10BrN3O3/c1-7-8(14)5-6-11(15-7)19-10-4-2-3-9(12(10)13)16(17)18/h2-6H,14H2,1H3. The summed E-state index contributed by atoms with van der Waals surface area (Å²) in [6.45, 7) is 1.75. The largest absolute Gasteiger partial charge is 0.438 e. The lowest BCUT2D eigenvalue weighted by atomic mass is 10.3. The highest BCUT2D eigenvalue weighted by Gasteiger charge is 2.16. The molecule has 1 heterocycles. The fourth-order valence-corrected chi connectivity index (χ4v) is 1.93. The van der Waals surface area contributed by atoms with E-state index in [-0.39, 0.29) is 10.2 Å². The van der Waals surface area contributed by atoms with E-state index in [0.29, 0.717) is 23.0 Å². The van der Waals surface area contributed by atoms with Crippen LogP contribution in [0.2, 0.25) is 0 Å². The van der Waals surface area contributed by atoms with Crippen molar-refractivity contribution in [3.05, 3.63) is 50.6 Å². The Morgan fingerprint density at radius 1 is 1.37 bits per heavy atom. The van der Waals surface area contributed by atoms with Gasteiger partial charge in [0, 0.05) is 12.1 Å². The van der Waals surface area contributed by atoms with Crippen molar-refractivity contribution >= 4 is 27.3 Å². The normalized spacial score (nSPS) is 10.2. The lowest BCUT2D eigenvalue weighted by Gasteiger charge is -2.08. The van der Waals surface area contributed by atoms with Gasteiger partial charge in [-0.25, -0.2) is 4.98 Å². The smallest absolute Gasteiger partial charge is 0.287 e. The van der Waals surface area contributed by atoms with Gasteiger partial charge in [0.25, 0.3) is 5.69 Å². The highest BCUT2D eigenvalue weighted by atomic mass is 79.9. The number of aromatic nitrogens is 1. The molecule has 0 spiro atoms. The van der Waals surface area contributed by atoms with E-state index in [1.165, 1.54) is 6.07 Å². The first-order chi connectivity index (χ1) is 8.99. The second kappa shape index (κ2) is 5.23. The Kier molecular flexibility index (Phi) is 3.66.